The van der Waals surface area contributed by atoms with Crippen molar-refractivity contribution in [2.45, 2.75) is 31.8 Å². The van der Waals surface area contributed by atoms with E-state index in [4.69, 9.17) is 5.73 Å². The second-order valence-corrected chi connectivity index (χ2v) is 4.34. The normalized spacial score (nSPS) is 30.5. The van der Waals surface area contributed by atoms with Crippen LogP contribution in [0.5, 0.6) is 0 Å². The highest BCUT2D eigenvalue weighted by Gasteiger charge is 2.41. The zero-order valence-electron chi connectivity index (χ0n) is 8.70. The van der Waals surface area contributed by atoms with E-state index in [1.165, 1.54) is 0 Å². The quantitative estimate of drug-likeness (QED) is 0.641. The molecule has 2 heterocycles. The summed E-state index contributed by atoms with van der Waals surface area (Å²) in [6.45, 7) is 5.43. The van der Waals surface area contributed by atoms with Gasteiger partial charge in [-0.25, -0.2) is 0 Å². The average molecular weight is 197 g/mol. The molecular formula is C10H19N3O. The molecular weight excluding hydrogens is 178 g/mol. The van der Waals surface area contributed by atoms with Gasteiger partial charge in [0.1, 0.15) is 0 Å². The van der Waals surface area contributed by atoms with Crippen LogP contribution in [0.3, 0.4) is 0 Å². The molecule has 2 atom stereocenters. The van der Waals surface area contributed by atoms with Crippen LogP contribution in [0.4, 0.5) is 0 Å². The van der Waals surface area contributed by atoms with Crippen LogP contribution in [0, 0.1) is 5.92 Å². The van der Waals surface area contributed by atoms with Crippen molar-refractivity contribution in [1.82, 2.24) is 10.2 Å². The maximum atomic E-state index is 11.1. The molecule has 0 bridgehead atoms. The molecule has 80 valence electrons. The summed E-state index contributed by atoms with van der Waals surface area (Å²) < 4.78 is 0. The van der Waals surface area contributed by atoms with Crippen LogP contribution in [0.25, 0.3) is 0 Å². The van der Waals surface area contributed by atoms with Crippen molar-refractivity contribution in [3.05, 3.63) is 0 Å². The summed E-state index contributed by atoms with van der Waals surface area (Å²) in [5, 5.41) is 3.28. The van der Waals surface area contributed by atoms with Crippen LogP contribution >= 0.6 is 0 Å². The van der Waals surface area contributed by atoms with E-state index in [2.05, 4.69) is 17.1 Å². The summed E-state index contributed by atoms with van der Waals surface area (Å²) in [6, 6.07) is 0.572. The van der Waals surface area contributed by atoms with Crippen molar-refractivity contribution in [1.29, 1.82) is 0 Å². The standard InChI is InChI=1S/C10H19N3O/c1-2-8(7-5-12-6-7)13-4-3-9(13)10(11)14/h7-9,12H,2-6H2,1H3,(H2,11,14). The molecule has 0 radical (unpaired) electrons. The minimum Gasteiger partial charge on any atom is -0.368 e. The van der Waals surface area contributed by atoms with E-state index in [1.54, 1.807) is 0 Å². The molecule has 0 aromatic heterocycles. The van der Waals surface area contributed by atoms with Crippen LogP contribution in [-0.4, -0.2) is 42.5 Å². The lowest BCUT2D eigenvalue weighted by atomic mass is 9.86. The van der Waals surface area contributed by atoms with Gasteiger partial charge >= 0.3 is 0 Å². The fourth-order valence-corrected chi connectivity index (χ4v) is 2.53. The van der Waals surface area contributed by atoms with Crippen LogP contribution in [-0.2, 0) is 4.79 Å². The van der Waals surface area contributed by atoms with E-state index >= 15 is 0 Å². The van der Waals surface area contributed by atoms with Crippen LogP contribution in [0.1, 0.15) is 19.8 Å². The van der Waals surface area contributed by atoms with Gasteiger partial charge in [-0.05, 0) is 18.8 Å². The summed E-state index contributed by atoms with van der Waals surface area (Å²) in [6.07, 6.45) is 2.07. The van der Waals surface area contributed by atoms with Crippen LogP contribution < -0.4 is 11.1 Å². The number of rotatable bonds is 4. The first kappa shape index (κ1) is 9.93. The van der Waals surface area contributed by atoms with Gasteiger partial charge in [-0.2, -0.15) is 0 Å². The third-order valence-corrected chi connectivity index (χ3v) is 3.59. The van der Waals surface area contributed by atoms with E-state index in [-0.39, 0.29) is 11.9 Å². The van der Waals surface area contributed by atoms with E-state index in [0.717, 1.165) is 38.4 Å². The van der Waals surface area contributed by atoms with Crippen LogP contribution in [0.2, 0.25) is 0 Å². The number of hydrogen-bond acceptors (Lipinski definition) is 3. The highest BCUT2D eigenvalue weighted by Crippen LogP contribution is 2.28. The van der Waals surface area contributed by atoms with Crippen molar-refractivity contribution in [2.75, 3.05) is 19.6 Å². The Bertz CT molecular complexity index is 227. The second kappa shape index (κ2) is 3.87. The Morgan fingerprint density at radius 3 is 2.64 bits per heavy atom. The molecule has 14 heavy (non-hydrogen) atoms. The number of amides is 1. The maximum absolute atomic E-state index is 11.1. The lowest BCUT2D eigenvalue weighted by Gasteiger charge is -2.49. The zero-order valence-corrected chi connectivity index (χ0v) is 8.70. The van der Waals surface area contributed by atoms with Gasteiger partial charge in [-0.15, -0.1) is 0 Å². The monoisotopic (exact) mass is 197 g/mol. The molecule has 0 aliphatic carbocycles. The smallest absolute Gasteiger partial charge is 0.234 e. The first-order valence-corrected chi connectivity index (χ1v) is 5.49. The molecule has 0 aromatic rings. The van der Waals surface area contributed by atoms with E-state index in [0.29, 0.717) is 6.04 Å². The summed E-state index contributed by atoms with van der Waals surface area (Å²) in [4.78, 5) is 13.4. The van der Waals surface area contributed by atoms with Gasteiger partial charge in [0.2, 0.25) is 5.91 Å². The first-order valence-electron chi connectivity index (χ1n) is 5.49. The van der Waals surface area contributed by atoms with Gasteiger partial charge in [0.05, 0.1) is 6.04 Å². The van der Waals surface area contributed by atoms with Crippen molar-refractivity contribution >= 4 is 5.91 Å². The van der Waals surface area contributed by atoms with Crippen molar-refractivity contribution in [3.8, 4) is 0 Å². The third-order valence-electron chi connectivity index (χ3n) is 3.59. The Morgan fingerprint density at radius 1 is 1.64 bits per heavy atom. The van der Waals surface area contributed by atoms with Crippen LogP contribution in [0.15, 0.2) is 0 Å². The van der Waals surface area contributed by atoms with Gasteiger partial charge in [0.15, 0.2) is 0 Å². The van der Waals surface area contributed by atoms with E-state index in [1.807, 2.05) is 0 Å². The molecule has 0 saturated carbocycles. The van der Waals surface area contributed by atoms with Gasteiger partial charge in [-0.1, -0.05) is 6.92 Å². The highest BCUT2D eigenvalue weighted by atomic mass is 16.1. The molecule has 2 rings (SSSR count). The molecule has 0 aromatic carbocycles. The number of carbonyl (C=O) groups is 1. The summed E-state index contributed by atoms with van der Waals surface area (Å²) in [5.74, 6) is 0.573. The van der Waals surface area contributed by atoms with Gasteiger partial charge in [0.25, 0.3) is 0 Å². The van der Waals surface area contributed by atoms with Crippen molar-refractivity contribution < 1.29 is 4.79 Å². The number of nitrogens with one attached hydrogen (secondary N) is 1. The van der Waals surface area contributed by atoms with E-state index in [9.17, 15) is 4.79 Å². The minimum absolute atomic E-state index is 0.0144. The second-order valence-electron chi connectivity index (χ2n) is 4.34. The maximum Gasteiger partial charge on any atom is 0.234 e. The number of primary amides is 1. The number of nitrogens with zero attached hydrogens (tertiary/aromatic N) is 1. The molecule has 2 aliphatic heterocycles. The Balaban J connectivity index is 1.94. The lowest BCUT2D eigenvalue weighted by molar-refractivity contribution is -0.131. The minimum atomic E-state index is -0.151. The molecule has 4 heteroatoms. The number of likely N-dealkylation sites (tertiary alicyclic amines) is 1. The topological polar surface area (TPSA) is 58.4 Å². The largest absolute Gasteiger partial charge is 0.368 e. The number of hydrogen-bond donors (Lipinski definition) is 2. The van der Waals surface area contributed by atoms with E-state index < -0.39 is 0 Å². The SMILES string of the molecule is CCC(C1CNC1)N1CCC1C(N)=O. The first-order chi connectivity index (χ1) is 6.74. The Kier molecular flexibility index (Phi) is 2.74. The molecule has 2 saturated heterocycles. The number of nitrogens with two attached hydrogens (primary N) is 1. The van der Waals surface area contributed by atoms with Gasteiger partial charge < -0.3 is 11.1 Å². The molecule has 1 amide bonds. The molecule has 2 aliphatic rings. The Labute approximate surface area is 84.8 Å². The summed E-state index contributed by atoms with van der Waals surface area (Å²) in [7, 11) is 0. The Hall–Kier alpha value is -0.610. The van der Waals surface area contributed by atoms with Crippen molar-refractivity contribution in [2.24, 2.45) is 11.7 Å². The fraction of sp³-hybridized carbons (Fsp3) is 0.900. The lowest BCUT2D eigenvalue weighted by Crippen LogP contribution is -2.64. The predicted molar refractivity (Wildman–Crippen MR) is 54.7 cm³/mol. The molecule has 2 unspecified atom stereocenters. The predicted octanol–water partition coefficient (Wildman–Crippen LogP) is -0.456. The number of carbonyl (C=O) groups excluding carboxylic acids is 1. The van der Waals surface area contributed by atoms with Gasteiger partial charge in [0, 0.05) is 25.7 Å². The molecule has 0 spiro atoms. The molecule has 4 nitrogen and oxygen atoms in total. The average Bonchev–Trinajstić information content (AvgIpc) is 1.96. The Morgan fingerprint density at radius 2 is 2.36 bits per heavy atom. The molecule has 3 N–H and O–H groups in total. The highest BCUT2D eigenvalue weighted by molar-refractivity contribution is 5.80. The summed E-state index contributed by atoms with van der Waals surface area (Å²) in [5.41, 5.74) is 5.34. The fourth-order valence-electron chi connectivity index (χ4n) is 2.53. The summed E-state index contributed by atoms with van der Waals surface area (Å²) >= 11 is 0. The third kappa shape index (κ3) is 1.53. The zero-order chi connectivity index (χ0) is 10.1. The molecule has 2 fully saturated rings. The van der Waals surface area contributed by atoms with Gasteiger partial charge in [-0.3, -0.25) is 9.69 Å². The van der Waals surface area contributed by atoms with Crippen molar-refractivity contribution in [3.63, 3.8) is 0 Å².